The average molecular weight is 495 g/mol. The van der Waals surface area contributed by atoms with E-state index in [0.29, 0.717) is 0 Å². The number of benzene rings is 6. The molecule has 2 heterocycles. The van der Waals surface area contributed by atoms with Crippen molar-refractivity contribution in [3.63, 3.8) is 0 Å². The lowest BCUT2D eigenvalue weighted by Gasteiger charge is -2.12. The van der Waals surface area contributed by atoms with Crippen LogP contribution < -0.4 is 0 Å². The van der Waals surface area contributed by atoms with Crippen LogP contribution in [-0.2, 0) is 0 Å². The Kier molecular flexibility index (Phi) is 4.08. The van der Waals surface area contributed by atoms with Gasteiger partial charge in [-0.3, -0.25) is 4.98 Å². The van der Waals surface area contributed by atoms with E-state index in [1.165, 1.54) is 65.8 Å². The first-order chi connectivity index (χ1) is 19.4. The van der Waals surface area contributed by atoms with Crippen molar-refractivity contribution in [1.29, 1.82) is 0 Å². The SMILES string of the molecule is c1ccc2c(c1)-c1cccc3c(-c4ccc(-n5c6cccnc6c6c7ccccc7ccc65)cc4)ccc-2c13. The molecule has 0 atom stereocenters. The highest BCUT2D eigenvalue weighted by atomic mass is 15.0. The normalized spacial score (nSPS) is 12.1. The van der Waals surface area contributed by atoms with Crippen molar-refractivity contribution in [2.24, 2.45) is 0 Å². The molecular formula is C37H22N2. The molecule has 0 spiro atoms. The fraction of sp³-hybridized carbons (Fsp3) is 0. The van der Waals surface area contributed by atoms with E-state index in [9.17, 15) is 0 Å². The quantitative estimate of drug-likeness (QED) is 0.234. The minimum atomic E-state index is 1.04. The van der Waals surface area contributed by atoms with E-state index in [1.54, 1.807) is 0 Å². The van der Waals surface area contributed by atoms with Crippen LogP contribution in [0.1, 0.15) is 0 Å². The number of pyridine rings is 1. The summed E-state index contributed by atoms with van der Waals surface area (Å²) in [4.78, 5) is 4.82. The molecule has 0 unspecified atom stereocenters. The maximum absolute atomic E-state index is 4.82. The van der Waals surface area contributed by atoms with Gasteiger partial charge in [0.05, 0.1) is 16.6 Å². The summed E-state index contributed by atoms with van der Waals surface area (Å²) in [6.07, 6.45) is 1.89. The second-order valence-electron chi connectivity index (χ2n) is 10.4. The lowest BCUT2D eigenvalue weighted by Crippen LogP contribution is -1.94. The molecule has 0 bridgehead atoms. The zero-order valence-corrected chi connectivity index (χ0v) is 21.1. The first-order valence-corrected chi connectivity index (χ1v) is 13.4. The summed E-state index contributed by atoms with van der Waals surface area (Å²) >= 11 is 0. The number of hydrogen-bond donors (Lipinski definition) is 0. The smallest absolute Gasteiger partial charge is 0.0969 e. The topological polar surface area (TPSA) is 17.8 Å². The van der Waals surface area contributed by atoms with Crippen LogP contribution in [0.3, 0.4) is 0 Å². The Balaban J connectivity index is 1.24. The van der Waals surface area contributed by atoms with Gasteiger partial charge in [-0.05, 0) is 85.3 Å². The van der Waals surface area contributed by atoms with Crippen LogP contribution >= 0.6 is 0 Å². The summed E-state index contributed by atoms with van der Waals surface area (Å²) in [5, 5.41) is 6.35. The first kappa shape index (κ1) is 20.8. The van der Waals surface area contributed by atoms with Crippen LogP contribution in [0, 0.1) is 0 Å². The number of aromatic nitrogens is 2. The van der Waals surface area contributed by atoms with E-state index in [0.717, 1.165) is 16.7 Å². The van der Waals surface area contributed by atoms with Gasteiger partial charge in [-0.25, -0.2) is 0 Å². The van der Waals surface area contributed by atoms with Crippen molar-refractivity contribution < 1.29 is 0 Å². The van der Waals surface area contributed by atoms with Crippen molar-refractivity contribution in [2.75, 3.05) is 0 Å². The zero-order valence-electron chi connectivity index (χ0n) is 21.1. The van der Waals surface area contributed by atoms with E-state index < -0.39 is 0 Å². The molecule has 9 rings (SSSR count). The van der Waals surface area contributed by atoms with Gasteiger partial charge >= 0.3 is 0 Å². The van der Waals surface area contributed by atoms with Crippen LogP contribution in [0.15, 0.2) is 134 Å². The molecule has 1 aliphatic rings. The summed E-state index contributed by atoms with van der Waals surface area (Å²) in [5.41, 5.74) is 12.3. The second-order valence-corrected chi connectivity index (χ2v) is 10.4. The van der Waals surface area contributed by atoms with Crippen molar-refractivity contribution in [1.82, 2.24) is 9.55 Å². The van der Waals surface area contributed by atoms with Crippen molar-refractivity contribution in [2.45, 2.75) is 0 Å². The van der Waals surface area contributed by atoms with Gasteiger partial charge in [0.15, 0.2) is 0 Å². The molecule has 0 aliphatic heterocycles. The van der Waals surface area contributed by atoms with Gasteiger partial charge in [0, 0.05) is 17.3 Å². The Morgan fingerprint density at radius 2 is 1.15 bits per heavy atom. The van der Waals surface area contributed by atoms with Gasteiger partial charge in [0.2, 0.25) is 0 Å². The summed E-state index contributed by atoms with van der Waals surface area (Å²) in [5.74, 6) is 0. The van der Waals surface area contributed by atoms with Crippen molar-refractivity contribution in [3.05, 3.63) is 134 Å². The zero-order chi connectivity index (χ0) is 25.5. The Morgan fingerprint density at radius 1 is 0.436 bits per heavy atom. The third kappa shape index (κ3) is 2.78. The molecule has 0 N–H and O–H groups in total. The summed E-state index contributed by atoms with van der Waals surface area (Å²) < 4.78 is 2.35. The van der Waals surface area contributed by atoms with Gasteiger partial charge in [0.1, 0.15) is 0 Å². The predicted octanol–water partition coefficient (Wildman–Crippen LogP) is 9.80. The van der Waals surface area contributed by atoms with E-state index in [4.69, 9.17) is 4.98 Å². The molecule has 39 heavy (non-hydrogen) atoms. The lowest BCUT2D eigenvalue weighted by molar-refractivity contribution is 1.18. The highest BCUT2D eigenvalue weighted by Gasteiger charge is 2.22. The summed E-state index contributed by atoms with van der Waals surface area (Å²) in [6.45, 7) is 0. The molecule has 2 heteroatoms. The molecule has 6 aromatic carbocycles. The van der Waals surface area contributed by atoms with E-state index in [1.807, 2.05) is 12.3 Å². The maximum Gasteiger partial charge on any atom is 0.0969 e. The summed E-state index contributed by atoms with van der Waals surface area (Å²) in [7, 11) is 0. The number of hydrogen-bond acceptors (Lipinski definition) is 1. The largest absolute Gasteiger partial charge is 0.308 e. The van der Waals surface area contributed by atoms with Crippen molar-refractivity contribution in [3.8, 4) is 39.1 Å². The highest BCUT2D eigenvalue weighted by Crippen LogP contribution is 2.49. The first-order valence-electron chi connectivity index (χ1n) is 13.4. The second kappa shape index (κ2) is 7.66. The van der Waals surface area contributed by atoms with Crippen LogP contribution in [0.5, 0.6) is 0 Å². The Bertz CT molecular complexity index is 2240. The van der Waals surface area contributed by atoms with E-state index in [-0.39, 0.29) is 0 Å². The maximum atomic E-state index is 4.82. The van der Waals surface area contributed by atoms with Gasteiger partial charge in [-0.15, -0.1) is 0 Å². The van der Waals surface area contributed by atoms with Gasteiger partial charge in [-0.1, -0.05) is 97.1 Å². The standard InChI is InChI=1S/C37H22N2/c1-2-8-27-23(7-1)16-21-33-36(27)37-34(13-6-22-38-37)39(33)25-17-14-24(15-18-25)26-19-20-32-29-10-4-3-9-28(29)31-12-5-11-30(26)35(31)32/h1-22H. The van der Waals surface area contributed by atoms with Crippen LogP contribution in [0.2, 0.25) is 0 Å². The van der Waals surface area contributed by atoms with Gasteiger partial charge in [-0.2, -0.15) is 0 Å². The molecule has 8 aromatic rings. The van der Waals surface area contributed by atoms with Crippen LogP contribution in [0.25, 0.3) is 82.5 Å². The fourth-order valence-corrected chi connectivity index (χ4v) is 6.72. The third-order valence-electron chi connectivity index (χ3n) is 8.40. The fourth-order valence-electron chi connectivity index (χ4n) is 6.72. The lowest BCUT2D eigenvalue weighted by atomic mass is 9.94. The molecule has 180 valence electrons. The number of fused-ring (bicyclic) bond motifs is 8. The average Bonchev–Trinajstić information content (AvgIpc) is 3.52. The Hall–Kier alpha value is -5.21. The number of rotatable bonds is 2. The third-order valence-corrected chi connectivity index (χ3v) is 8.40. The Morgan fingerprint density at radius 3 is 2.03 bits per heavy atom. The molecular weight excluding hydrogens is 472 g/mol. The Labute approximate surface area is 225 Å². The minimum Gasteiger partial charge on any atom is -0.308 e. The van der Waals surface area contributed by atoms with E-state index >= 15 is 0 Å². The number of nitrogens with zero attached hydrogens (tertiary/aromatic N) is 2. The van der Waals surface area contributed by atoms with Gasteiger partial charge in [0.25, 0.3) is 0 Å². The molecule has 2 aromatic heterocycles. The van der Waals surface area contributed by atoms with E-state index in [2.05, 4.69) is 126 Å². The van der Waals surface area contributed by atoms with Gasteiger partial charge < -0.3 is 4.57 Å². The van der Waals surface area contributed by atoms with Crippen LogP contribution in [0.4, 0.5) is 0 Å². The molecule has 0 saturated heterocycles. The molecule has 1 aliphatic carbocycles. The minimum absolute atomic E-state index is 1.04. The molecule has 0 saturated carbocycles. The van der Waals surface area contributed by atoms with Crippen molar-refractivity contribution >= 4 is 43.5 Å². The molecule has 0 radical (unpaired) electrons. The predicted molar refractivity (Wildman–Crippen MR) is 163 cm³/mol. The highest BCUT2D eigenvalue weighted by molar-refractivity contribution is 6.20. The summed E-state index contributed by atoms with van der Waals surface area (Å²) in [6, 6.07) is 46.3. The molecule has 0 amide bonds. The molecule has 0 fully saturated rings. The van der Waals surface area contributed by atoms with Crippen LogP contribution in [-0.4, -0.2) is 9.55 Å². The monoisotopic (exact) mass is 494 g/mol. The molecule has 2 nitrogen and oxygen atoms in total.